The molecular formula is C18H24O2. The van der Waals surface area contributed by atoms with E-state index < -0.39 is 0 Å². The van der Waals surface area contributed by atoms with E-state index in [0.717, 1.165) is 12.0 Å². The van der Waals surface area contributed by atoms with Gasteiger partial charge in [0.15, 0.2) is 0 Å². The Labute approximate surface area is 121 Å². The number of benzene rings is 1. The molecule has 1 atom stereocenters. The van der Waals surface area contributed by atoms with Crippen LogP contribution in [0.4, 0.5) is 0 Å². The van der Waals surface area contributed by atoms with Gasteiger partial charge in [-0.05, 0) is 24.3 Å². The fourth-order valence-corrected chi connectivity index (χ4v) is 3.00. The number of hydrogen-bond donors (Lipinski definition) is 2. The van der Waals surface area contributed by atoms with Gasteiger partial charge in [0, 0.05) is 17.0 Å². The topological polar surface area (TPSA) is 40.5 Å². The van der Waals surface area contributed by atoms with Crippen LogP contribution < -0.4 is 0 Å². The Bertz CT molecular complexity index is 553. The van der Waals surface area contributed by atoms with Gasteiger partial charge in [-0.15, -0.1) is 0 Å². The first-order chi connectivity index (χ1) is 9.36. The molecule has 0 heterocycles. The van der Waals surface area contributed by atoms with Crippen molar-refractivity contribution in [1.82, 2.24) is 0 Å². The van der Waals surface area contributed by atoms with Crippen LogP contribution in [-0.4, -0.2) is 10.2 Å². The molecule has 1 aliphatic carbocycles. The summed E-state index contributed by atoms with van der Waals surface area (Å²) in [6, 6.07) is 4.93. The van der Waals surface area contributed by atoms with E-state index >= 15 is 0 Å². The second-order valence-corrected chi connectivity index (χ2v) is 6.33. The van der Waals surface area contributed by atoms with Crippen LogP contribution in [0, 0.1) is 11.8 Å². The largest absolute Gasteiger partial charge is 0.508 e. The van der Waals surface area contributed by atoms with Crippen molar-refractivity contribution in [3.05, 3.63) is 47.6 Å². The molecule has 0 spiro atoms. The maximum Gasteiger partial charge on any atom is 0.123 e. The Morgan fingerprint density at radius 1 is 1.10 bits per heavy atom. The lowest BCUT2D eigenvalue weighted by molar-refractivity contribution is 0.347. The van der Waals surface area contributed by atoms with Gasteiger partial charge in [0.1, 0.15) is 11.5 Å². The third-order valence-corrected chi connectivity index (χ3v) is 4.46. The van der Waals surface area contributed by atoms with Crippen LogP contribution in [0.1, 0.15) is 39.7 Å². The molecule has 0 radical (unpaired) electrons. The smallest absolute Gasteiger partial charge is 0.123 e. The zero-order chi connectivity index (χ0) is 14.9. The normalized spacial score (nSPS) is 22.4. The van der Waals surface area contributed by atoms with Gasteiger partial charge in [-0.2, -0.15) is 0 Å². The van der Waals surface area contributed by atoms with Gasteiger partial charge in [-0.25, -0.2) is 0 Å². The molecule has 0 bridgehead atoms. The molecule has 0 saturated carbocycles. The van der Waals surface area contributed by atoms with Crippen molar-refractivity contribution in [1.29, 1.82) is 0 Å². The monoisotopic (exact) mass is 272 g/mol. The zero-order valence-corrected chi connectivity index (χ0v) is 12.7. The van der Waals surface area contributed by atoms with Crippen LogP contribution in [0.15, 0.2) is 42.0 Å². The van der Waals surface area contributed by atoms with Crippen molar-refractivity contribution in [2.75, 3.05) is 0 Å². The average molecular weight is 272 g/mol. The van der Waals surface area contributed by atoms with Gasteiger partial charge < -0.3 is 10.2 Å². The summed E-state index contributed by atoms with van der Waals surface area (Å²) in [7, 11) is 0. The quantitative estimate of drug-likeness (QED) is 0.848. The molecule has 1 aromatic rings. The maximum absolute atomic E-state index is 10.3. The highest BCUT2D eigenvalue weighted by Gasteiger charge is 2.37. The Morgan fingerprint density at radius 3 is 2.35 bits per heavy atom. The molecule has 2 rings (SSSR count). The summed E-state index contributed by atoms with van der Waals surface area (Å²) in [6.45, 7) is 8.76. The lowest BCUT2D eigenvalue weighted by Crippen LogP contribution is -2.33. The van der Waals surface area contributed by atoms with E-state index in [0.29, 0.717) is 11.8 Å². The number of phenolic OH excluding ortho intramolecular Hbond substituents is 2. The number of phenols is 2. The number of rotatable bonds is 3. The van der Waals surface area contributed by atoms with Crippen molar-refractivity contribution in [3.8, 4) is 11.5 Å². The van der Waals surface area contributed by atoms with Crippen molar-refractivity contribution >= 4 is 0 Å². The summed E-state index contributed by atoms with van der Waals surface area (Å²) in [4.78, 5) is 0. The molecule has 1 aromatic carbocycles. The minimum Gasteiger partial charge on any atom is -0.508 e. The molecular weight excluding hydrogens is 248 g/mol. The van der Waals surface area contributed by atoms with Gasteiger partial charge in [0.2, 0.25) is 0 Å². The van der Waals surface area contributed by atoms with E-state index in [1.54, 1.807) is 6.07 Å². The third-order valence-electron chi connectivity index (χ3n) is 4.46. The van der Waals surface area contributed by atoms with Gasteiger partial charge in [0.05, 0.1) is 0 Å². The summed E-state index contributed by atoms with van der Waals surface area (Å²) in [6.07, 6.45) is 7.39. The first-order valence-corrected chi connectivity index (χ1v) is 7.27. The molecule has 2 N–H and O–H groups in total. The molecule has 0 amide bonds. The lowest BCUT2D eigenvalue weighted by atomic mass is 9.64. The fraction of sp³-hybridized carbons (Fsp3) is 0.444. The molecule has 0 fully saturated rings. The van der Waals surface area contributed by atoms with E-state index in [-0.39, 0.29) is 16.9 Å². The zero-order valence-electron chi connectivity index (χ0n) is 12.7. The predicted octanol–water partition coefficient (Wildman–Crippen LogP) is 4.53. The number of aromatic hydroxyl groups is 2. The maximum atomic E-state index is 10.3. The van der Waals surface area contributed by atoms with Gasteiger partial charge in [-0.1, -0.05) is 57.6 Å². The Kier molecular flexibility index (Phi) is 3.94. The summed E-state index contributed by atoms with van der Waals surface area (Å²) in [5, 5.41) is 19.8. The van der Waals surface area contributed by atoms with E-state index in [1.165, 1.54) is 11.6 Å². The summed E-state index contributed by atoms with van der Waals surface area (Å²) in [5.74, 6) is 1.13. The molecule has 1 aliphatic rings. The van der Waals surface area contributed by atoms with Crippen molar-refractivity contribution in [3.63, 3.8) is 0 Å². The van der Waals surface area contributed by atoms with Gasteiger partial charge >= 0.3 is 0 Å². The Balaban J connectivity index is 2.52. The molecule has 1 unspecified atom stereocenters. The molecule has 2 nitrogen and oxygen atoms in total. The highest BCUT2D eigenvalue weighted by atomic mass is 16.3. The minimum atomic E-state index is -0.202. The number of hydrogen-bond acceptors (Lipinski definition) is 2. The van der Waals surface area contributed by atoms with Crippen LogP contribution in [0.5, 0.6) is 11.5 Å². The molecule has 2 heteroatoms. The van der Waals surface area contributed by atoms with Crippen LogP contribution in [-0.2, 0) is 5.41 Å². The first-order valence-electron chi connectivity index (χ1n) is 7.27. The first kappa shape index (κ1) is 14.7. The van der Waals surface area contributed by atoms with Crippen LogP contribution in [0.25, 0.3) is 0 Å². The molecule has 108 valence electrons. The van der Waals surface area contributed by atoms with E-state index in [9.17, 15) is 10.2 Å². The second kappa shape index (κ2) is 5.35. The van der Waals surface area contributed by atoms with E-state index in [2.05, 4.69) is 45.9 Å². The highest BCUT2D eigenvalue weighted by Crippen LogP contribution is 2.46. The average Bonchev–Trinajstić information content (AvgIpc) is 2.38. The van der Waals surface area contributed by atoms with Crippen molar-refractivity contribution < 1.29 is 10.2 Å². The predicted molar refractivity (Wildman–Crippen MR) is 83.0 cm³/mol. The Hall–Kier alpha value is -1.70. The van der Waals surface area contributed by atoms with Crippen molar-refractivity contribution in [2.24, 2.45) is 11.8 Å². The SMILES string of the molecule is CC(C)C1=CC=CC(c2ccc(O)cc2O)(C(C)C)C1. The summed E-state index contributed by atoms with van der Waals surface area (Å²) < 4.78 is 0. The van der Waals surface area contributed by atoms with Crippen LogP contribution >= 0.6 is 0 Å². The summed E-state index contributed by atoms with van der Waals surface area (Å²) >= 11 is 0. The van der Waals surface area contributed by atoms with Crippen LogP contribution in [0.3, 0.4) is 0 Å². The number of allylic oxidation sites excluding steroid dienone is 4. The Morgan fingerprint density at radius 2 is 1.80 bits per heavy atom. The molecule has 0 aliphatic heterocycles. The standard InChI is InChI=1S/C18H24O2/c1-12(2)14-6-5-9-18(11-14,13(3)4)16-8-7-15(19)10-17(16)20/h5-10,12-13,19-20H,11H2,1-4H3. The molecule has 0 aromatic heterocycles. The molecule has 20 heavy (non-hydrogen) atoms. The van der Waals surface area contributed by atoms with Gasteiger partial charge in [0.25, 0.3) is 0 Å². The summed E-state index contributed by atoms with van der Waals surface area (Å²) in [5.41, 5.74) is 2.09. The fourth-order valence-electron chi connectivity index (χ4n) is 3.00. The second-order valence-electron chi connectivity index (χ2n) is 6.33. The minimum absolute atomic E-state index is 0.101. The van der Waals surface area contributed by atoms with Crippen molar-refractivity contribution in [2.45, 2.75) is 39.5 Å². The highest BCUT2D eigenvalue weighted by molar-refractivity contribution is 5.49. The molecule has 0 saturated heterocycles. The van der Waals surface area contributed by atoms with Crippen LogP contribution in [0.2, 0.25) is 0 Å². The lowest BCUT2D eigenvalue weighted by Gasteiger charge is -2.39. The van der Waals surface area contributed by atoms with E-state index in [1.807, 2.05) is 6.07 Å². The third kappa shape index (κ3) is 2.47. The van der Waals surface area contributed by atoms with Gasteiger partial charge in [-0.3, -0.25) is 0 Å². The van der Waals surface area contributed by atoms with E-state index in [4.69, 9.17) is 0 Å².